The Morgan fingerprint density at radius 1 is 0.524 bits per heavy atom. The van der Waals surface area contributed by atoms with E-state index < -0.39 is 0 Å². The van der Waals surface area contributed by atoms with Gasteiger partial charge in [0.1, 0.15) is 0 Å². The van der Waals surface area contributed by atoms with Crippen molar-refractivity contribution in [2.75, 3.05) is 9.80 Å². The Bertz CT molecular complexity index is 1590. The van der Waals surface area contributed by atoms with E-state index in [0.29, 0.717) is 5.92 Å². The smallest absolute Gasteiger partial charge is 0.0464 e. The molecular formula is C40H44N2. The number of aryl methyl sites for hydroxylation is 2. The molecule has 5 rings (SSSR count). The van der Waals surface area contributed by atoms with Gasteiger partial charge in [-0.1, -0.05) is 85.6 Å². The van der Waals surface area contributed by atoms with Crippen LogP contribution in [0, 0.1) is 13.8 Å². The molecule has 0 amide bonds. The van der Waals surface area contributed by atoms with Crippen molar-refractivity contribution in [1.82, 2.24) is 0 Å². The zero-order valence-electron chi connectivity index (χ0n) is 26.2. The van der Waals surface area contributed by atoms with Crippen molar-refractivity contribution in [3.8, 4) is 0 Å². The van der Waals surface area contributed by atoms with Gasteiger partial charge in [0.25, 0.3) is 0 Å². The first-order valence-corrected chi connectivity index (χ1v) is 15.1. The van der Waals surface area contributed by atoms with E-state index in [1.165, 1.54) is 50.6 Å². The van der Waals surface area contributed by atoms with E-state index in [4.69, 9.17) is 0 Å². The molecule has 0 atom stereocenters. The average molecular weight is 553 g/mol. The lowest BCUT2D eigenvalue weighted by Gasteiger charge is -2.38. The van der Waals surface area contributed by atoms with Gasteiger partial charge < -0.3 is 9.80 Å². The molecule has 0 unspecified atom stereocenters. The third-order valence-corrected chi connectivity index (χ3v) is 7.85. The summed E-state index contributed by atoms with van der Waals surface area (Å²) in [6.45, 7) is 15.6. The topological polar surface area (TPSA) is 6.48 Å². The molecular weight excluding hydrogens is 508 g/mol. The molecule has 0 saturated carbocycles. The number of benzene rings is 5. The summed E-state index contributed by atoms with van der Waals surface area (Å²) in [5.41, 5.74) is 12.4. The maximum Gasteiger partial charge on any atom is 0.0464 e. The highest BCUT2D eigenvalue weighted by Gasteiger charge is 2.23. The Morgan fingerprint density at radius 2 is 0.952 bits per heavy atom. The Kier molecular flexibility index (Phi) is 8.54. The molecule has 0 radical (unpaired) electrons. The van der Waals surface area contributed by atoms with Crippen molar-refractivity contribution in [1.29, 1.82) is 0 Å². The lowest BCUT2D eigenvalue weighted by Crippen LogP contribution is -2.37. The van der Waals surface area contributed by atoms with Gasteiger partial charge in [0, 0.05) is 34.0 Å². The van der Waals surface area contributed by atoms with E-state index in [1.54, 1.807) is 0 Å². The van der Waals surface area contributed by atoms with Crippen molar-refractivity contribution in [3.05, 3.63) is 149 Å². The predicted molar refractivity (Wildman–Crippen MR) is 182 cm³/mol. The molecule has 0 spiro atoms. The molecule has 0 saturated heterocycles. The van der Waals surface area contributed by atoms with Crippen LogP contribution in [0.3, 0.4) is 0 Å². The van der Waals surface area contributed by atoms with E-state index >= 15 is 0 Å². The standard InChI is InChI=1S/C40H44N2/c1-29(2)34-9-8-10-39(28-34)41(35-19-11-30(3)12-20-35)36-23-15-32(16-24-36)27-33-17-25-38(26-18-33)42(40(5,6)7)37-21-13-31(4)14-22-37/h8-26,28-29H,27H2,1-7H3. The molecule has 214 valence electrons. The lowest BCUT2D eigenvalue weighted by molar-refractivity contribution is 0.560. The third kappa shape index (κ3) is 6.77. The summed E-state index contributed by atoms with van der Waals surface area (Å²) in [5.74, 6) is 0.478. The number of nitrogens with zero attached hydrogens (tertiary/aromatic N) is 2. The molecule has 2 heteroatoms. The van der Waals surface area contributed by atoms with Crippen LogP contribution in [0.2, 0.25) is 0 Å². The molecule has 5 aromatic rings. The van der Waals surface area contributed by atoms with Crippen molar-refractivity contribution in [3.63, 3.8) is 0 Å². The van der Waals surface area contributed by atoms with Crippen molar-refractivity contribution in [2.45, 2.75) is 66.3 Å². The average Bonchev–Trinajstić information content (AvgIpc) is 2.97. The van der Waals surface area contributed by atoms with Gasteiger partial charge in [0.05, 0.1) is 0 Å². The van der Waals surface area contributed by atoms with Gasteiger partial charge in [-0.2, -0.15) is 0 Å². The van der Waals surface area contributed by atoms with Gasteiger partial charge in [-0.05, 0) is 124 Å². The Morgan fingerprint density at radius 3 is 1.40 bits per heavy atom. The van der Waals surface area contributed by atoms with Crippen LogP contribution in [0.5, 0.6) is 0 Å². The molecule has 2 nitrogen and oxygen atoms in total. The van der Waals surface area contributed by atoms with Gasteiger partial charge >= 0.3 is 0 Å². The number of anilines is 5. The van der Waals surface area contributed by atoms with E-state index in [-0.39, 0.29) is 5.54 Å². The normalized spacial score (nSPS) is 11.5. The van der Waals surface area contributed by atoms with Crippen LogP contribution in [0.1, 0.15) is 68.4 Å². The fourth-order valence-electron chi connectivity index (χ4n) is 5.54. The summed E-state index contributed by atoms with van der Waals surface area (Å²) in [6, 6.07) is 44.6. The minimum absolute atomic E-state index is 0.0371. The Hall–Kier alpha value is -4.30. The van der Waals surface area contributed by atoms with Crippen LogP contribution in [-0.2, 0) is 6.42 Å². The highest BCUT2D eigenvalue weighted by Crippen LogP contribution is 2.37. The first kappa shape index (κ1) is 29.2. The monoisotopic (exact) mass is 552 g/mol. The summed E-state index contributed by atoms with van der Waals surface area (Å²) in [4.78, 5) is 4.77. The van der Waals surface area contributed by atoms with E-state index in [1.807, 2.05) is 0 Å². The molecule has 42 heavy (non-hydrogen) atoms. The van der Waals surface area contributed by atoms with Gasteiger partial charge in [-0.15, -0.1) is 0 Å². The summed E-state index contributed by atoms with van der Waals surface area (Å²) in [5, 5.41) is 0. The fourth-order valence-corrected chi connectivity index (χ4v) is 5.54. The molecule has 5 aromatic carbocycles. The second kappa shape index (κ2) is 12.3. The first-order valence-electron chi connectivity index (χ1n) is 15.1. The van der Waals surface area contributed by atoms with E-state index in [0.717, 1.165) is 12.1 Å². The summed E-state index contributed by atoms with van der Waals surface area (Å²) in [7, 11) is 0. The summed E-state index contributed by atoms with van der Waals surface area (Å²) >= 11 is 0. The molecule has 0 heterocycles. The van der Waals surface area contributed by atoms with Crippen LogP contribution in [-0.4, -0.2) is 5.54 Å². The molecule has 0 aliphatic carbocycles. The Labute approximate surface area is 253 Å². The molecule has 0 aliphatic rings. The summed E-state index contributed by atoms with van der Waals surface area (Å²) in [6.07, 6.45) is 0.897. The quantitative estimate of drug-likeness (QED) is 0.189. The maximum atomic E-state index is 2.42. The van der Waals surface area contributed by atoms with Crippen LogP contribution in [0.4, 0.5) is 28.4 Å². The number of rotatable bonds is 8. The van der Waals surface area contributed by atoms with E-state index in [2.05, 4.69) is 180 Å². The van der Waals surface area contributed by atoms with Crippen molar-refractivity contribution in [2.24, 2.45) is 0 Å². The lowest BCUT2D eigenvalue weighted by atomic mass is 10.00. The third-order valence-electron chi connectivity index (χ3n) is 7.85. The zero-order valence-corrected chi connectivity index (χ0v) is 26.2. The molecule has 0 aliphatic heterocycles. The summed E-state index contributed by atoms with van der Waals surface area (Å²) < 4.78 is 0. The molecule has 0 fully saturated rings. The second-order valence-corrected chi connectivity index (χ2v) is 12.8. The van der Waals surface area contributed by atoms with Gasteiger partial charge in [-0.25, -0.2) is 0 Å². The number of hydrogen-bond donors (Lipinski definition) is 0. The van der Waals surface area contributed by atoms with Crippen LogP contribution in [0.25, 0.3) is 0 Å². The largest absolute Gasteiger partial charge is 0.336 e. The Balaban J connectivity index is 1.39. The molecule has 0 N–H and O–H groups in total. The highest BCUT2D eigenvalue weighted by molar-refractivity contribution is 5.77. The van der Waals surface area contributed by atoms with Gasteiger partial charge in [-0.3, -0.25) is 0 Å². The predicted octanol–water partition coefficient (Wildman–Crippen LogP) is 11.4. The number of hydrogen-bond acceptors (Lipinski definition) is 2. The van der Waals surface area contributed by atoms with Gasteiger partial charge in [0.2, 0.25) is 0 Å². The van der Waals surface area contributed by atoms with Gasteiger partial charge in [0.15, 0.2) is 0 Å². The van der Waals surface area contributed by atoms with Crippen LogP contribution >= 0.6 is 0 Å². The minimum atomic E-state index is -0.0371. The maximum absolute atomic E-state index is 2.42. The highest BCUT2D eigenvalue weighted by atomic mass is 15.2. The van der Waals surface area contributed by atoms with E-state index in [9.17, 15) is 0 Å². The van der Waals surface area contributed by atoms with Crippen molar-refractivity contribution >= 4 is 28.4 Å². The fraction of sp³-hybridized carbons (Fsp3) is 0.250. The molecule has 0 aromatic heterocycles. The zero-order chi connectivity index (χ0) is 29.9. The first-order chi connectivity index (χ1) is 20.1. The van der Waals surface area contributed by atoms with Crippen LogP contribution < -0.4 is 9.80 Å². The van der Waals surface area contributed by atoms with Crippen LogP contribution in [0.15, 0.2) is 121 Å². The minimum Gasteiger partial charge on any atom is -0.336 e. The molecule has 0 bridgehead atoms. The second-order valence-electron chi connectivity index (χ2n) is 12.8. The SMILES string of the molecule is Cc1ccc(N(c2ccc(Cc3ccc(N(c4ccc(C)cc4)C(C)(C)C)cc3)cc2)c2cccc(C(C)C)c2)cc1. The van der Waals surface area contributed by atoms with Crippen molar-refractivity contribution < 1.29 is 0 Å².